The van der Waals surface area contributed by atoms with Gasteiger partial charge in [-0.25, -0.2) is 4.68 Å². The Morgan fingerprint density at radius 3 is 2.71 bits per heavy atom. The third kappa shape index (κ3) is 5.06. The highest BCUT2D eigenvalue weighted by Crippen LogP contribution is 2.15. The van der Waals surface area contributed by atoms with E-state index in [0.717, 1.165) is 17.7 Å². The Kier molecular flexibility index (Phi) is 6.56. The molecule has 3 rings (SSSR count). The second kappa shape index (κ2) is 9.50. The van der Waals surface area contributed by atoms with Gasteiger partial charge in [-0.2, -0.15) is 0 Å². The van der Waals surface area contributed by atoms with E-state index in [9.17, 15) is 4.79 Å². The number of carbonyl (C=O) groups is 1. The molecule has 0 bridgehead atoms. The van der Waals surface area contributed by atoms with E-state index in [1.807, 2.05) is 31.2 Å². The van der Waals surface area contributed by atoms with Gasteiger partial charge in [-0.3, -0.25) is 4.79 Å². The molecule has 0 saturated carbocycles. The molecule has 0 fully saturated rings. The van der Waals surface area contributed by atoms with Crippen molar-refractivity contribution in [1.82, 2.24) is 25.5 Å². The van der Waals surface area contributed by atoms with Crippen LogP contribution in [0, 0.1) is 0 Å². The molecular formula is C20H23N5O3. The van der Waals surface area contributed by atoms with Crippen LogP contribution in [0.4, 0.5) is 0 Å². The zero-order valence-corrected chi connectivity index (χ0v) is 16.0. The average Bonchev–Trinajstić information content (AvgIpc) is 3.20. The van der Waals surface area contributed by atoms with Gasteiger partial charge in [-0.15, -0.1) is 5.10 Å². The predicted molar refractivity (Wildman–Crippen MR) is 103 cm³/mol. The highest BCUT2D eigenvalue weighted by Gasteiger charge is 2.09. The highest BCUT2D eigenvalue weighted by atomic mass is 16.5. The summed E-state index contributed by atoms with van der Waals surface area (Å²) in [4.78, 5) is 12.4. The van der Waals surface area contributed by atoms with E-state index in [-0.39, 0.29) is 12.5 Å². The minimum Gasteiger partial charge on any atom is -0.497 e. The van der Waals surface area contributed by atoms with Crippen molar-refractivity contribution in [3.63, 3.8) is 0 Å². The molecule has 0 radical (unpaired) electrons. The standard InChI is InChI=1S/C20H23N5O3/c1-3-25-19(22-23-24-25)14-28-18-6-4-5-16(13-18)20(26)21-12-11-15-7-9-17(27-2)10-8-15/h4-10,13H,3,11-12,14H2,1-2H3,(H,21,26). The number of tetrazole rings is 1. The number of aromatic nitrogens is 4. The number of rotatable bonds is 9. The molecule has 0 saturated heterocycles. The van der Waals surface area contributed by atoms with Gasteiger partial charge >= 0.3 is 0 Å². The average molecular weight is 381 g/mol. The maximum absolute atomic E-state index is 12.4. The lowest BCUT2D eigenvalue weighted by molar-refractivity contribution is 0.0953. The summed E-state index contributed by atoms with van der Waals surface area (Å²) in [7, 11) is 1.64. The fraction of sp³-hybridized carbons (Fsp3) is 0.300. The molecule has 2 aromatic carbocycles. The van der Waals surface area contributed by atoms with E-state index in [2.05, 4.69) is 20.8 Å². The van der Waals surface area contributed by atoms with E-state index >= 15 is 0 Å². The van der Waals surface area contributed by atoms with Crippen LogP contribution in [0.2, 0.25) is 0 Å². The van der Waals surface area contributed by atoms with Gasteiger partial charge in [-0.05, 0) is 59.7 Å². The normalized spacial score (nSPS) is 10.5. The molecule has 28 heavy (non-hydrogen) atoms. The SMILES string of the molecule is CCn1nnnc1COc1cccc(C(=O)NCCc2ccc(OC)cc2)c1. The van der Waals surface area contributed by atoms with Crippen LogP contribution in [0.25, 0.3) is 0 Å². The third-order valence-corrected chi connectivity index (χ3v) is 4.23. The lowest BCUT2D eigenvalue weighted by Crippen LogP contribution is -2.25. The first-order chi connectivity index (χ1) is 13.7. The Hall–Kier alpha value is -3.42. The van der Waals surface area contributed by atoms with Crippen LogP contribution in [0.3, 0.4) is 0 Å². The van der Waals surface area contributed by atoms with Crippen molar-refractivity contribution in [2.75, 3.05) is 13.7 Å². The van der Waals surface area contributed by atoms with Gasteiger partial charge in [0.25, 0.3) is 5.91 Å². The molecule has 0 unspecified atom stereocenters. The predicted octanol–water partition coefficient (Wildman–Crippen LogP) is 2.25. The second-order valence-electron chi connectivity index (χ2n) is 6.08. The highest BCUT2D eigenvalue weighted by molar-refractivity contribution is 5.94. The van der Waals surface area contributed by atoms with E-state index in [1.165, 1.54) is 0 Å². The van der Waals surface area contributed by atoms with E-state index in [0.29, 0.717) is 30.2 Å². The number of ether oxygens (including phenoxy) is 2. The van der Waals surface area contributed by atoms with Gasteiger partial charge in [0.05, 0.1) is 7.11 Å². The molecule has 1 N–H and O–H groups in total. The van der Waals surface area contributed by atoms with Crippen LogP contribution < -0.4 is 14.8 Å². The molecule has 3 aromatic rings. The number of hydrogen-bond acceptors (Lipinski definition) is 6. The molecule has 0 spiro atoms. The lowest BCUT2D eigenvalue weighted by Gasteiger charge is -2.09. The summed E-state index contributed by atoms with van der Waals surface area (Å²) in [6, 6.07) is 14.9. The van der Waals surface area contributed by atoms with Crippen molar-refractivity contribution >= 4 is 5.91 Å². The van der Waals surface area contributed by atoms with Gasteiger partial charge < -0.3 is 14.8 Å². The summed E-state index contributed by atoms with van der Waals surface area (Å²) < 4.78 is 12.5. The summed E-state index contributed by atoms with van der Waals surface area (Å²) in [6.45, 7) is 3.41. The van der Waals surface area contributed by atoms with Crippen molar-refractivity contribution in [1.29, 1.82) is 0 Å². The van der Waals surface area contributed by atoms with Crippen LogP contribution >= 0.6 is 0 Å². The van der Waals surface area contributed by atoms with Crippen LogP contribution in [-0.2, 0) is 19.6 Å². The van der Waals surface area contributed by atoms with Crippen LogP contribution in [0.5, 0.6) is 11.5 Å². The monoisotopic (exact) mass is 381 g/mol. The number of methoxy groups -OCH3 is 1. The number of nitrogens with one attached hydrogen (secondary N) is 1. The van der Waals surface area contributed by atoms with Gasteiger partial charge in [-0.1, -0.05) is 18.2 Å². The number of hydrogen-bond donors (Lipinski definition) is 1. The molecule has 146 valence electrons. The molecule has 1 amide bonds. The van der Waals surface area contributed by atoms with Crippen molar-refractivity contribution in [2.24, 2.45) is 0 Å². The maximum atomic E-state index is 12.4. The van der Waals surface area contributed by atoms with Crippen LogP contribution in [0.1, 0.15) is 28.7 Å². The van der Waals surface area contributed by atoms with Crippen molar-refractivity contribution in [3.8, 4) is 11.5 Å². The van der Waals surface area contributed by atoms with Crippen molar-refractivity contribution < 1.29 is 14.3 Å². The molecular weight excluding hydrogens is 358 g/mol. The summed E-state index contributed by atoms with van der Waals surface area (Å²) in [5.41, 5.74) is 1.68. The summed E-state index contributed by atoms with van der Waals surface area (Å²) in [6.07, 6.45) is 0.742. The smallest absolute Gasteiger partial charge is 0.251 e. The zero-order chi connectivity index (χ0) is 19.8. The molecule has 0 aliphatic carbocycles. The van der Waals surface area contributed by atoms with Crippen molar-refractivity contribution in [3.05, 3.63) is 65.5 Å². The molecule has 1 heterocycles. The molecule has 0 aliphatic rings. The Balaban J connectivity index is 1.51. The Labute approximate surface area is 163 Å². The Morgan fingerprint density at radius 1 is 1.14 bits per heavy atom. The topological polar surface area (TPSA) is 91.2 Å². The number of carbonyl (C=O) groups excluding carboxylic acids is 1. The van der Waals surface area contributed by atoms with E-state index < -0.39 is 0 Å². The number of aryl methyl sites for hydroxylation is 1. The summed E-state index contributed by atoms with van der Waals surface area (Å²) in [5.74, 6) is 1.90. The largest absolute Gasteiger partial charge is 0.497 e. The summed E-state index contributed by atoms with van der Waals surface area (Å²) in [5, 5.41) is 14.4. The molecule has 8 nitrogen and oxygen atoms in total. The zero-order valence-electron chi connectivity index (χ0n) is 16.0. The van der Waals surface area contributed by atoms with E-state index in [1.54, 1.807) is 36.1 Å². The van der Waals surface area contributed by atoms with Crippen LogP contribution in [-0.4, -0.2) is 39.8 Å². The third-order valence-electron chi connectivity index (χ3n) is 4.23. The number of amides is 1. The Bertz CT molecular complexity index is 908. The number of nitrogens with zero attached hydrogens (tertiary/aromatic N) is 4. The quantitative estimate of drug-likeness (QED) is 0.611. The van der Waals surface area contributed by atoms with Gasteiger partial charge in [0.15, 0.2) is 5.82 Å². The fourth-order valence-corrected chi connectivity index (χ4v) is 2.66. The first-order valence-corrected chi connectivity index (χ1v) is 9.08. The fourth-order valence-electron chi connectivity index (χ4n) is 2.66. The Morgan fingerprint density at radius 2 is 1.96 bits per heavy atom. The summed E-state index contributed by atoms with van der Waals surface area (Å²) >= 11 is 0. The molecule has 8 heteroatoms. The lowest BCUT2D eigenvalue weighted by atomic mass is 10.1. The molecule has 0 aliphatic heterocycles. The maximum Gasteiger partial charge on any atom is 0.251 e. The number of benzene rings is 2. The first kappa shape index (κ1) is 19.3. The first-order valence-electron chi connectivity index (χ1n) is 9.08. The van der Waals surface area contributed by atoms with Gasteiger partial charge in [0.1, 0.15) is 18.1 Å². The van der Waals surface area contributed by atoms with E-state index in [4.69, 9.17) is 9.47 Å². The minimum absolute atomic E-state index is 0.141. The second-order valence-corrected chi connectivity index (χ2v) is 6.08. The molecule has 0 atom stereocenters. The molecule has 1 aromatic heterocycles. The van der Waals surface area contributed by atoms with Crippen LogP contribution in [0.15, 0.2) is 48.5 Å². The van der Waals surface area contributed by atoms with Gasteiger partial charge in [0, 0.05) is 18.7 Å². The minimum atomic E-state index is -0.141. The van der Waals surface area contributed by atoms with Gasteiger partial charge in [0.2, 0.25) is 0 Å². The van der Waals surface area contributed by atoms with Crippen molar-refractivity contribution in [2.45, 2.75) is 26.5 Å².